The molecule has 0 unspecified atom stereocenters. The van der Waals surface area contributed by atoms with Crippen molar-refractivity contribution >= 4 is 16.8 Å². The van der Waals surface area contributed by atoms with Crippen LogP contribution in [-0.2, 0) is 24.3 Å². The zero-order valence-electron chi connectivity index (χ0n) is 19.1. The number of para-hydroxylation sites is 2. The van der Waals surface area contributed by atoms with Crippen LogP contribution >= 0.6 is 0 Å². The molecule has 33 heavy (non-hydrogen) atoms. The van der Waals surface area contributed by atoms with Crippen LogP contribution in [0.1, 0.15) is 16.7 Å². The summed E-state index contributed by atoms with van der Waals surface area (Å²) in [6.45, 7) is 1.06. The quantitative estimate of drug-likeness (QED) is 0.411. The van der Waals surface area contributed by atoms with E-state index in [1.54, 1.807) is 21.3 Å². The van der Waals surface area contributed by atoms with Crippen LogP contribution < -0.4 is 19.5 Å². The molecule has 0 radical (unpaired) electrons. The van der Waals surface area contributed by atoms with E-state index in [2.05, 4.69) is 28.2 Å². The number of ether oxygens (including phenoxy) is 3. The largest absolute Gasteiger partial charge is 0.497 e. The third kappa shape index (κ3) is 5.12. The molecule has 4 rings (SSSR count). The highest BCUT2D eigenvalue weighted by Crippen LogP contribution is 2.27. The van der Waals surface area contributed by atoms with Gasteiger partial charge in [0.15, 0.2) is 0 Å². The summed E-state index contributed by atoms with van der Waals surface area (Å²) in [6, 6.07) is 21.7. The summed E-state index contributed by atoms with van der Waals surface area (Å²) in [5.74, 6) is 2.23. The van der Waals surface area contributed by atoms with Crippen molar-refractivity contribution in [3.8, 4) is 17.2 Å². The summed E-state index contributed by atoms with van der Waals surface area (Å²) in [5, 5.41) is 4.08. The smallest absolute Gasteiger partial charge is 0.224 e. The number of hydrogen-bond donors (Lipinski definition) is 1. The van der Waals surface area contributed by atoms with Crippen LogP contribution in [0.5, 0.6) is 17.2 Å². The van der Waals surface area contributed by atoms with E-state index in [0.717, 1.165) is 44.8 Å². The summed E-state index contributed by atoms with van der Waals surface area (Å²) in [7, 11) is 4.92. The Hall–Kier alpha value is -3.93. The Kier molecular flexibility index (Phi) is 6.83. The number of hydrogen-bond acceptors (Lipinski definition) is 4. The molecule has 3 aromatic carbocycles. The molecular formula is C27H28N2O4. The van der Waals surface area contributed by atoms with Crippen LogP contribution in [0.4, 0.5) is 0 Å². The molecule has 4 aromatic rings. The summed E-state index contributed by atoms with van der Waals surface area (Å²) in [5.41, 5.74) is 4.06. The van der Waals surface area contributed by atoms with Gasteiger partial charge in [0.25, 0.3) is 0 Å². The van der Waals surface area contributed by atoms with Gasteiger partial charge in [0.05, 0.1) is 27.8 Å². The molecule has 6 heteroatoms. The number of methoxy groups -OCH3 is 3. The second kappa shape index (κ2) is 10.1. The van der Waals surface area contributed by atoms with Crippen molar-refractivity contribution in [3.63, 3.8) is 0 Å². The minimum Gasteiger partial charge on any atom is -0.497 e. The summed E-state index contributed by atoms with van der Waals surface area (Å²) in [4.78, 5) is 12.8. The number of aromatic nitrogens is 1. The molecule has 1 aromatic heterocycles. The van der Waals surface area contributed by atoms with Crippen LogP contribution in [0.2, 0.25) is 0 Å². The number of fused-ring (bicyclic) bond motifs is 1. The van der Waals surface area contributed by atoms with E-state index in [1.807, 2.05) is 54.6 Å². The van der Waals surface area contributed by atoms with Gasteiger partial charge in [-0.3, -0.25) is 4.79 Å². The average molecular weight is 445 g/mol. The number of rotatable bonds is 9. The standard InChI is InChI=1S/C27H28N2O4/c1-31-22-12-19(13-23(15-22)32-2)17-29-18-21(24-9-5-6-10-25(24)29)14-27(30)28-16-20-8-4-7-11-26(20)33-3/h4-13,15,18H,14,16-17H2,1-3H3,(H,28,30). The van der Waals surface area contributed by atoms with Gasteiger partial charge in [-0.25, -0.2) is 0 Å². The predicted octanol–water partition coefficient (Wildman–Crippen LogP) is 4.57. The van der Waals surface area contributed by atoms with E-state index < -0.39 is 0 Å². The van der Waals surface area contributed by atoms with Crippen molar-refractivity contribution in [2.45, 2.75) is 19.5 Å². The maximum atomic E-state index is 12.8. The number of carbonyl (C=O) groups is 1. The third-order valence-corrected chi connectivity index (χ3v) is 5.65. The van der Waals surface area contributed by atoms with Crippen molar-refractivity contribution < 1.29 is 19.0 Å². The summed E-state index contributed by atoms with van der Waals surface area (Å²) < 4.78 is 18.4. The normalized spacial score (nSPS) is 10.8. The molecule has 0 aliphatic carbocycles. The molecule has 1 amide bonds. The fraction of sp³-hybridized carbons (Fsp3) is 0.222. The first-order valence-corrected chi connectivity index (χ1v) is 10.8. The summed E-state index contributed by atoms with van der Waals surface area (Å²) in [6.07, 6.45) is 2.35. The molecule has 0 aliphatic heterocycles. The monoisotopic (exact) mass is 444 g/mol. The molecule has 0 saturated heterocycles. The number of amides is 1. The van der Waals surface area contributed by atoms with E-state index in [0.29, 0.717) is 19.5 Å². The molecule has 0 fully saturated rings. The third-order valence-electron chi connectivity index (χ3n) is 5.65. The molecule has 1 heterocycles. The van der Waals surface area contributed by atoms with Gasteiger partial charge in [-0.1, -0.05) is 36.4 Å². The minimum absolute atomic E-state index is 0.0353. The van der Waals surface area contributed by atoms with Crippen molar-refractivity contribution in [2.24, 2.45) is 0 Å². The van der Waals surface area contributed by atoms with Crippen LogP contribution in [0.25, 0.3) is 10.9 Å². The Morgan fingerprint density at radius 1 is 0.848 bits per heavy atom. The molecule has 0 spiro atoms. The van der Waals surface area contributed by atoms with Gasteiger partial charge < -0.3 is 24.1 Å². The Morgan fingerprint density at radius 3 is 2.27 bits per heavy atom. The Balaban J connectivity index is 1.54. The minimum atomic E-state index is -0.0353. The van der Waals surface area contributed by atoms with Gasteiger partial charge in [-0.2, -0.15) is 0 Å². The number of benzene rings is 3. The second-order valence-corrected chi connectivity index (χ2v) is 7.79. The molecule has 170 valence electrons. The lowest BCUT2D eigenvalue weighted by Crippen LogP contribution is -2.24. The Bertz CT molecular complexity index is 1240. The molecule has 6 nitrogen and oxygen atoms in total. The first-order chi connectivity index (χ1) is 16.1. The molecule has 0 saturated carbocycles. The van der Waals surface area contributed by atoms with Crippen LogP contribution in [-0.4, -0.2) is 31.8 Å². The fourth-order valence-electron chi connectivity index (χ4n) is 4.03. The van der Waals surface area contributed by atoms with Crippen molar-refractivity contribution in [3.05, 3.63) is 89.6 Å². The average Bonchev–Trinajstić information content (AvgIpc) is 3.19. The van der Waals surface area contributed by atoms with E-state index >= 15 is 0 Å². The molecule has 0 bridgehead atoms. The van der Waals surface area contributed by atoms with Crippen molar-refractivity contribution in [1.82, 2.24) is 9.88 Å². The van der Waals surface area contributed by atoms with Crippen LogP contribution in [0.15, 0.2) is 72.9 Å². The van der Waals surface area contributed by atoms with E-state index in [1.165, 1.54) is 0 Å². The van der Waals surface area contributed by atoms with E-state index in [-0.39, 0.29) is 5.91 Å². The highest BCUT2D eigenvalue weighted by atomic mass is 16.5. The maximum absolute atomic E-state index is 12.8. The van der Waals surface area contributed by atoms with Gasteiger partial charge >= 0.3 is 0 Å². The highest BCUT2D eigenvalue weighted by Gasteiger charge is 2.13. The number of nitrogens with one attached hydrogen (secondary N) is 1. The second-order valence-electron chi connectivity index (χ2n) is 7.79. The molecular weight excluding hydrogens is 416 g/mol. The first kappa shape index (κ1) is 22.3. The zero-order valence-corrected chi connectivity index (χ0v) is 19.1. The van der Waals surface area contributed by atoms with Gasteiger partial charge in [-0.05, 0) is 35.4 Å². The van der Waals surface area contributed by atoms with Crippen LogP contribution in [0.3, 0.4) is 0 Å². The first-order valence-electron chi connectivity index (χ1n) is 10.8. The van der Waals surface area contributed by atoms with E-state index in [4.69, 9.17) is 14.2 Å². The van der Waals surface area contributed by atoms with Gasteiger partial charge in [0, 0.05) is 41.8 Å². The van der Waals surface area contributed by atoms with E-state index in [9.17, 15) is 4.79 Å². The Labute approximate surface area is 193 Å². The predicted molar refractivity (Wildman–Crippen MR) is 129 cm³/mol. The van der Waals surface area contributed by atoms with Gasteiger partial charge in [0.2, 0.25) is 5.91 Å². The lowest BCUT2D eigenvalue weighted by molar-refractivity contribution is -0.120. The van der Waals surface area contributed by atoms with Gasteiger partial charge in [-0.15, -0.1) is 0 Å². The zero-order chi connectivity index (χ0) is 23.2. The lowest BCUT2D eigenvalue weighted by Gasteiger charge is -2.10. The SMILES string of the molecule is COc1cc(Cn2cc(CC(=O)NCc3ccccc3OC)c3ccccc32)cc(OC)c1. The number of carbonyl (C=O) groups excluding carboxylic acids is 1. The molecule has 0 atom stereocenters. The number of nitrogens with zero attached hydrogens (tertiary/aromatic N) is 1. The Morgan fingerprint density at radius 2 is 1.55 bits per heavy atom. The van der Waals surface area contributed by atoms with Crippen molar-refractivity contribution in [1.29, 1.82) is 0 Å². The lowest BCUT2D eigenvalue weighted by atomic mass is 10.1. The van der Waals surface area contributed by atoms with Gasteiger partial charge in [0.1, 0.15) is 17.2 Å². The topological polar surface area (TPSA) is 61.7 Å². The maximum Gasteiger partial charge on any atom is 0.224 e. The van der Waals surface area contributed by atoms with Crippen molar-refractivity contribution in [2.75, 3.05) is 21.3 Å². The fourth-order valence-corrected chi connectivity index (χ4v) is 4.03. The highest BCUT2D eigenvalue weighted by molar-refractivity contribution is 5.89. The molecule has 1 N–H and O–H groups in total. The van der Waals surface area contributed by atoms with Crippen LogP contribution in [0, 0.1) is 0 Å². The molecule has 0 aliphatic rings. The summed E-state index contributed by atoms with van der Waals surface area (Å²) >= 11 is 0.